The second kappa shape index (κ2) is 3.46. The molecule has 1 N–H and O–H groups in total. The van der Waals surface area contributed by atoms with Crippen molar-refractivity contribution in [2.24, 2.45) is 0 Å². The molecule has 1 heterocycles. The predicted octanol–water partition coefficient (Wildman–Crippen LogP) is 2.47. The molecule has 1 rings (SSSR count). The van der Waals surface area contributed by atoms with Crippen LogP contribution in [-0.2, 0) is 0 Å². The van der Waals surface area contributed by atoms with Gasteiger partial charge in [0.25, 0.3) is 6.43 Å². The van der Waals surface area contributed by atoms with Gasteiger partial charge in [-0.2, -0.15) is 4.39 Å². The van der Waals surface area contributed by atoms with Crippen molar-refractivity contribution in [3.63, 3.8) is 0 Å². The molecular weight excluding hydrogens is 286 g/mol. The minimum absolute atomic E-state index is 0.0235. The predicted molar refractivity (Wildman–Crippen MR) is 43.5 cm³/mol. The summed E-state index contributed by atoms with van der Waals surface area (Å²) >= 11 is 1.55. The lowest BCUT2D eigenvalue weighted by atomic mass is 10.3. The van der Waals surface area contributed by atoms with Crippen molar-refractivity contribution in [1.29, 1.82) is 0 Å². The number of aromatic nitrogens is 1. The molecule has 6 heteroatoms. The highest BCUT2D eigenvalue weighted by Crippen LogP contribution is 2.30. The van der Waals surface area contributed by atoms with Crippen LogP contribution in [0.25, 0.3) is 0 Å². The SMILES string of the molecule is Oc1c(I)cc(F)nc1C(F)F. The molecule has 0 aromatic carbocycles. The van der Waals surface area contributed by atoms with E-state index in [0.717, 1.165) is 6.07 Å². The highest BCUT2D eigenvalue weighted by atomic mass is 127. The maximum Gasteiger partial charge on any atom is 0.284 e. The lowest BCUT2D eigenvalue weighted by Crippen LogP contribution is -1.96. The summed E-state index contributed by atoms with van der Waals surface area (Å²) in [6, 6.07) is 0.877. The third-order valence-electron chi connectivity index (χ3n) is 1.15. The molecule has 1 aromatic heterocycles. The molecule has 0 aliphatic rings. The van der Waals surface area contributed by atoms with Crippen LogP contribution in [0.3, 0.4) is 0 Å². The topological polar surface area (TPSA) is 33.1 Å². The van der Waals surface area contributed by atoms with E-state index in [0.29, 0.717) is 0 Å². The number of pyridine rings is 1. The van der Waals surface area contributed by atoms with Crippen LogP contribution in [0.15, 0.2) is 6.07 Å². The lowest BCUT2D eigenvalue weighted by molar-refractivity contribution is 0.140. The smallest absolute Gasteiger partial charge is 0.284 e. The van der Waals surface area contributed by atoms with Crippen molar-refractivity contribution in [2.75, 3.05) is 0 Å². The van der Waals surface area contributed by atoms with Crippen molar-refractivity contribution in [3.05, 3.63) is 21.3 Å². The lowest BCUT2D eigenvalue weighted by Gasteiger charge is -2.03. The first-order valence-electron chi connectivity index (χ1n) is 2.85. The van der Waals surface area contributed by atoms with Gasteiger partial charge in [0.05, 0.1) is 3.57 Å². The van der Waals surface area contributed by atoms with E-state index in [1.54, 1.807) is 22.6 Å². The summed E-state index contributed by atoms with van der Waals surface area (Å²) in [5.41, 5.74) is -0.917. The Labute approximate surface area is 79.6 Å². The average Bonchev–Trinajstić information content (AvgIpc) is 1.96. The Balaban J connectivity index is 3.28. The number of alkyl halides is 2. The van der Waals surface area contributed by atoms with Gasteiger partial charge in [-0.25, -0.2) is 13.8 Å². The quantitative estimate of drug-likeness (QED) is 0.636. The molecule has 0 saturated heterocycles. The van der Waals surface area contributed by atoms with Gasteiger partial charge in [-0.15, -0.1) is 0 Å². The Morgan fingerprint density at radius 1 is 1.50 bits per heavy atom. The summed E-state index contributed by atoms with van der Waals surface area (Å²) in [5, 5.41) is 8.98. The van der Waals surface area contributed by atoms with E-state index >= 15 is 0 Å². The third-order valence-corrected chi connectivity index (χ3v) is 1.97. The number of rotatable bonds is 1. The first-order chi connectivity index (χ1) is 5.52. The van der Waals surface area contributed by atoms with Crippen molar-refractivity contribution >= 4 is 22.6 Å². The highest BCUT2D eigenvalue weighted by Gasteiger charge is 2.18. The van der Waals surface area contributed by atoms with Gasteiger partial charge in [0.15, 0.2) is 11.4 Å². The fourth-order valence-corrected chi connectivity index (χ4v) is 1.18. The van der Waals surface area contributed by atoms with Crippen LogP contribution in [0.5, 0.6) is 5.75 Å². The first-order valence-corrected chi connectivity index (χ1v) is 3.93. The number of aromatic hydroxyl groups is 1. The van der Waals surface area contributed by atoms with Crippen molar-refractivity contribution in [3.8, 4) is 5.75 Å². The minimum Gasteiger partial charge on any atom is -0.505 e. The van der Waals surface area contributed by atoms with E-state index in [1.165, 1.54) is 0 Å². The molecule has 66 valence electrons. The van der Waals surface area contributed by atoms with Crippen molar-refractivity contribution in [2.45, 2.75) is 6.43 Å². The number of halogens is 4. The molecule has 12 heavy (non-hydrogen) atoms. The van der Waals surface area contributed by atoms with E-state index in [1.807, 2.05) is 0 Å². The van der Waals surface area contributed by atoms with Gasteiger partial charge in [-0.05, 0) is 22.6 Å². The Bertz CT molecular complexity index is 305. The van der Waals surface area contributed by atoms with Crippen molar-refractivity contribution in [1.82, 2.24) is 4.98 Å². The molecule has 0 spiro atoms. The first kappa shape index (κ1) is 9.56. The zero-order chi connectivity index (χ0) is 9.30. The summed E-state index contributed by atoms with van der Waals surface area (Å²) in [7, 11) is 0. The molecule has 0 unspecified atom stereocenters. The van der Waals surface area contributed by atoms with Gasteiger partial charge in [-0.3, -0.25) is 0 Å². The normalized spacial score (nSPS) is 10.8. The summed E-state index contributed by atoms with van der Waals surface area (Å²) in [5.74, 6) is -1.68. The van der Waals surface area contributed by atoms with Gasteiger partial charge >= 0.3 is 0 Å². The van der Waals surface area contributed by atoms with E-state index in [-0.39, 0.29) is 3.57 Å². The fraction of sp³-hybridized carbons (Fsp3) is 0.167. The number of hydrogen-bond donors (Lipinski definition) is 1. The summed E-state index contributed by atoms with van der Waals surface area (Å²) < 4.78 is 36.4. The van der Waals surface area contributed by atoms with E-state index < -0.39 is 23.8 Å². The maximum atomic E-state index is 12.4. The van der Waals surface area contributed by atoms with Crippen LogP contribution in [0.4, 0.5) is 13.2 Å². The highest BCUT2D eigenvalue weighted by molar-refractivity contribution is 14.1. The summed E-state index contributed by atoms with van der Waals surface area (Å²) in [6.07, 6.45) is -2.96. The molecule has 2 nitrogen and oxygen atoms in total. The van der Waals surface area contributed by atoms with Crippen LogP contribution < -0.4 is 0 Å². The maximum absolute atomic E-state index is 12.4. The van der Waals surface area contributed by atoms with Crippen LogP contribution in [-0.4, -0.2) is 10.1 Å². The Hall–Kier alpha value is -0.530. The monoisotopic (exact) mass is 289 g/mol. The Kier molecular flexibility index (Phi) is 2.76. The number of hydrogen-bond acceptors (Lipinski definition) is 2. The average molecular weight is 289 g/mol. The molecule has 0 bridgehead atoms. The molecule has 0 aliphatic carbocycles. The molecule has 0 aliphatic heterocycles. The second-order valence-corrected chi connectivity index (χ2v) is 3.12. The summed E-state index contributed by atoms with van der Waals surface area (Å²) in [4.78, 5) is 2.86. The van der Waals surface area contributed by atoms with Crippen molar-refractivity contribution < 1.29 is 18.3 Å². The zero-order valence-electron chi connectivity index (χ0n) is 5.56. The van der Waals surface area contributed by atoms with E-state index in [9.17, 15) is 13.2 Å². The molecular formula is C6H3F3INO. The third kappa shape index (κ3) is 1.79. The fourth-order valence-electron chi connectivity index (χ4n) is 0.648. The molecule has 0 amide bonds. The van der Waals surface area contributed by atoms with Gasteiger partial charge in [-0.1, -0.05) is 0 Å². The van der Waals surface area contributed by atoms with Gasteiger partial charge in [0.1, 0.15) is 0 Å². The van der Waals surface area contributed by atoms with Crippen LogP contribution in [0.1, 0.15) is 12.1 Å². The second-order valence-electron chi connectivity index (χ2n) is 1.96. The standard InChI is InChI=1S/C6H3F3INO/c7-3-1-2(10)5(12)4(11-3)6(8)9/h1,6,12H. The minimum atomic E-state index is -2.96. The van der Waals surface area contributed by atoms with Gasteiger partial charge in [0, 0.05) is 6.07 Å². The summed E-state index contributed by atoms with van der Waals surface area (Å²) in [6.45, 7) is 0. The van der Waals surface area contributed by atoms with E-state index in [2.05, 4.69) is 4.98 Å². The molecule has 0 saturated carbocycles. The van der Waals surface area contributed by atoms with Gasteiger partial charge < -0.3 is 5.11 Å². The number of nitrogens with zero attached hydrogens (tertiary/aromatic N) is 1. The van der Waals surface area contributed by atoms with Crippen LogP contribution in [0.2, 0.25) is 0 Å². The largest absolute Gasteiger partial charge is 0.505 e. The van der Waals surface area contributed by atoms with Crippen LogP contribution >= 0.6 is 22.6 Å². The molecule has 0 atom stereocenters. The zero-order valence-corrected chi connectivity index (χ0v) is 7.72. The van der Waals surface area contributed by atoms with Crippen LogP contribution in [0, 0.1) is 9.52 Å². The molecule has 0 radical (unpaired) electrons. The molecule has 1 aromatic rings. The van der Waals surface area contributed by atoms with E-state index in [4.69, 9.17) is 5.11 Å². The van der Waals surface area contributed by atoms with Gasteiger partial charge in [0.2, 0.25) is 5.95 Å². The molecule has 0 fully saturated rings. The Morgan fingerprint density at radius 2 is 2.08 bits per heavy atom. The Morgan fingerprint density at radius 3 is 2.58 bits per heavy atom.